The predicted molar refractivity (Wildman–Crippen MR) is 108 cm³/mol. The number of carbonyl (C=O) groups excluding carboxylic acids is 2. The van der Waals surface area contributed by atoms with Crippen molar-refractivity contribution in [1.29, 1.82) is 0 Å². The Morgan fingerprint density at radius 3 is 2.41 bits per heavy atom. The summed E-state index contributed by atoms with van der Waals surface area (Å²) < 4.78 is 11.0. The van der Waals surface area contributed by atoms with Crippen LogP contribution in [0.25, 0.3) is 0 Å². The SMILES string of the molecule is COC(=O)C1=C(CN2C[C@@H](C)O[C@@H](C)C2)N(C2CC2)C(=O)N[C@@H]1c1ccccc1. The predicted octanol–water partition coefficient (Wildman–Crippen LogP) is 2.45. The van der Waals surface area contributed by atoms with Crippen molar-refractivity contribution in [2.75, 3.05) is 26.7 Å². The first-order valence-corrected chi connectivity index (χ1v) is 10.3. The highest BCUT2D eigenvalue weighted by Gasteiger charge is 2.44. The van der Waals surface area contributed by atoms with Crippen LogP contribution in [-0.2, 0) is 14.3 Å². The topological polar surface area (TPSA) is 71.1 Å². The molecule has 1 aromatic rings. The summed E-state index contributed by atoms with van der Waals surface area (Å²) >= 11 is 0. The molecule has 3 atom stereocenters. The van der Waals surface area contributed by atoms with Crippen LogP contribution < -0.4 is 5.32 Å². The summed E-state index contributed by atoms with van der Waals surface area (Å²) in [6, 6.07) is 9.09. The van der Waals surface area contributed by atoms with E-state index in [0.717, 1.165) is 37.2 Å². The number of rotatable bonds is 5. The Morgan fingerprint density at radius 1 is 1.17 bits per heavy atom. The zero-order valence-electron chi connectivity index (χ0n) is 17.3. The minimum absolute atomic E-state index is 0.109. The van der Waals surface area contributed by atoms with E-state index in [-0.39, 0.29) is 24.3 Å². The minimum atomic E-state index is -0.517. The molecule has 7 heteroatoms. The van der Waals surface area contributed by atoms with E-state index >= 15 is 0 Å². The number of hydrogen-bond acceptors (Lipinski definition) is 5. The van der Waals surface area contributed by atoms with Crippen LogP contribution in [0, 0.1) is 0 Å². The molecular formula is C22H29N3O4. The molecule has 2 heterocycles. The number of morpholine rings is 1. The van der Waals surface area contributed by atoms with Crippen LogP contribution in [0.15, 0.2) is 41.6 Å². The maximum Gasteiger partial charge on any atom is 0.338 e. The number of nitrogens with zero attached hydrogens (tertiary/aromatic N) is 2. The molecule has 0 unspecified atom stereocenters. The number of urea groups is 1. The number of benzene rings is 1. The zero-order valence-corrected chi connectivity index (χ0v) is 17.3. The Kier molecular flexibility index (Phi) is 5.61. The van der Waals surface area contributed by atoms with E-state index in [1.807, 2.05) is 30.3 Å². The number of hydrogen-bond donors (Lipinski definition) is 1. The summed E-state index contributed by atoms with van der Waals surface area (Å²) in [5.41, 5.74) is 2.16. The largest absolute Gasteiger partial charge is 0.466 e. The Hall–Kier alpha value is -2.38. The summed E-state index contributed by atoms with van der Waals surface area (Å²) in [5.74, 6) is -0.395. The van der Waals surface area contributed by atoms with Gasteiger partial charge in [-0.2, -0.15) is 0 Å². The first-order chi connectivity index (χ1) is 14.0. The number of methoxy groups -OCH3 is 1. The third-order valence-electron chi connectivity index (χ3n) is 5.70. The summed E-state index contributed by atoms with van der Waals surface area (Å²) in [6.45, 7) is 6.15. The fourth-order valence-electron chi connectivity index (χ4n) is 4.43. The van der Waals surface area contributed by atoms with Crippen LogP contribution in [0.3, 0.4) is 0 Å². The lowest BCUT2D eigenvalue weighted by Crippen LogP contribution is -2.53. The van der Waals surface area contributed by atoms with Crippen molar-refractivity contribution in [3.05, 3.63) is 47.2 Å². The van der Waals surface area contributed by atoms with Crippen LogP contribution in [0.5, 0.6) is 0 Å². The van der Waals surface area contributed by atoms with Crippen LogP contribution in [0.2, 0.25) is 0 Å². The highest BCUT2D eigenvalue weighted by molar-refractivity contribution is 5.95. The molecule has 0 bridgehead atoms. The number of esters is 1. The molecule has 1 aliphatic carbocycles. The van der Waals surface area contributed by atoms with Gasteiger partial charge in [0.2, 0.25) is 0 Å². The van der Waals surface area contributed by atoms with Gasteiger partial charge >= 0.3 is 12.0 Å². The van der Waals surface area contributed by atoms with Gasteiger partial charge in [-0.25, -0.2) is 9.59 Å². The molecular weight excluding hydrogens is 370 g/mol. The first-order valence-electron chi connectivity index (χ1n) is 10.3. The Bertz CT molecular complexity index is 796. The lowest BCUT2D eigenvalue weighted by Gasteiger charge is -2.41. The minimum Gasteiger partial charge on any atom is -0.466 e. The number of nitrogens with one attached hydrogen (secondary N) is 1. The van der Waals surface area contributed by atoms with E-state index in [9.17, 15) is 9.59 Å². The lowest BCUT2D eigenvalue weighted by molar-refractivity contribution is -0.136. The molecule has 2 amide bonds. The Labute approximate surface area is 171 Å². The van der Waals surface area contributed by atoms with Crippen LogP contribution in [-0.4, -0.2) is 66.8 Å². The molecule has 4 rings (SSSR count). The molecule has 2 fully saturated rings. The lowest BCUT2D eigenvalue weighted by atomic mass is 9.94. The normalized spacial score (nSPS) is 28.3. The van der Waals surface area contributed by atoms with Gasteiger partial charge in [0.05, 0.1) is 30.9 Å². The van der Waals surface area contributed by atoms with Gasteiger partial charge in [0.1, 0.15) is 0 Å². The van der Waals surface area contributed by atoms with E-state index in [2.05, 4.69) is 24.1 Å². The molecule has 29 heavy (non-hydrogen) atoms. The number of ether oxygens (including phenoxy) is 2. The zero-order chi connectivity index (χ0) is 20.5. The van der Waals surface area contributed by atoms with Crippen LogP contribution >= 0.6 is 0 Å². The molecule has 0 radical (unpaired) electrons. The molecule has 1 saturated carbocycles. The summed E-state index contributed by atoms with van der Waals surface area (Å²) in [5, 5.41) is 3.04. The van der Waals surface area contributed by atoms with Crippen molar-refractivity contribution < 1.29 is 19.1 Å². The second kappa shape index (κ2) is 8.16. The van der Waals surface area contributed by atoms with Crippen molar-refractivity contribution in [2.24, 2.45) is 0 Å². The molecule has 1 saturated heterocycles. The maximum atomic E-state index is 13.1. The van der Waals surface area contributed by atoms with E-state index < -0.39 is 12.0 Å². The van der Waals surface area contributed by atoms with E-state index in [4.69, 9.17) is 9.47 Å². The summed E-state index contributed by atoms with van der Waals surface area (Å²) in [7, 11) is 1.39. The fourth-order valence-corrected chi connectivity index (χ4v) is 4.43. The Balaban J connectivity index is 1.77. The maximum absolute atomic E-state index is 13.1. The van der Waals surface area contributed by atoms with E-state index in [1.54, 1.807) is 4.90 Å². The van der Waals surface area contributed by atoms with Gasteiger partial charge in [-0.3, -0.25) is 9.80 Å². The van der Waals surface area contributed by atoms with E-state index in [0.29, 0.717) is 12.1 Å². The summed E-state index contributed by atoms with van der Waals surface area (Å²) in [6.07, 6.45) is 2.13. The van der Waals surface area contributed by atoms with Crippen molar-refractivity contribution in [1.82, 2.24) is 15.1 Å². The molecule has 3 aliphatic rings. The second-order valence-corrected chi connectivity index (χ2v) is 8.20. The monoisotopic (exact) mass is 399 g/mol. The molecule has 156 valence electrons. The van der Waals surface area contributed by atoms with Crippen molar-refractivity contribution in [3.8, 4) is 0 Å². The summed E-state index contributed by atoms with van der Waals surface area (Å²) in [4.78, 5) is 30.1. The third-order valence-corrected chi connectivity index (χ3v) is 5.70. The molecule has 0 aromatic heterocycles. The van der Waals surface area contributed by atoms with Gasteiger partial charge in [-0.05, 0) is 32.3 Å². The molecule has 0 spiro atoms. The van der Waals surface area contributed by atoms with Gasteiger partial charge < -0.3 is 14.8 Å². The van der Waals surface area contributed by atoms with Crippen LogP contribution in [0.1, 0.15) is 38.3 Å². The highest BCUT2D eigenvalue weighted by Crippen LogP contribution is 2.38. The van der Waals surface area contributed by atoms with Crippen molar-refractivity contribution >= 4 is 12.0 Å². The fraction of sp³-hybridized carbons (Fsp3) is 0.545. The van der Waals surface area contributed by atoms with Crippen molar-refractivity contribution in [2.45, 2.75) is 51.0 Å². The molecule has 7 nitrogen and oxygen atoms in total. The van der Waals surface area contributed by atoms with Crippen molar-refractivity contribution in [3.63, 3.8) is 0 Å². The molecule has 1 aromatic carbocycles. The smallest absolute Gasteiger partial charge is 0.338 e. The highest BCUT2D eigenvalue weighted by atomic mass is 16.5. The van der Waals surface area contributed by atoms with Gasteiger partial charge in [0.25, 0.3) is 0 Å². The van der Waals surface area contributed by atoms with Gasteiger partial charge in [0, 0.05) is 31.4 Å². The average Bonchev–Trinajstić information content (AvgIpc) is 3.52. The second-order valence-electron chi connectivity index (χ2n) is 8.20. The molecule has 1 N–H and O–H groups in total. The van der Waals surface area contributed by atoms with Gasteiger partial charge in [-0.15, -0.1) is 0 Å². The Morgan fingerprint density at radius 2 is 1.83 bits per heavy atom. The standard InChI is InChI=1S/C22H29N3O4/c1-14-11-24(12-15(2)29-14)13-18-19(21(26)28-3)20(16-7-5-4-6-8-16)23-22(27)25(18)17-9-10-17/h4-8,14-15,17,20H,9-13H2,1-3H3,(H,23,27)/t14-,15+,20-/m1/s1. The first kappa shape index (κ1) is 19.9. The molecule has 2 aliphatic heterocycles. The average molecular weight is 399 g/mol. The quantitative estimate of drug-likeness (QED) is 0.770. The van der Waals surface area contributed by atoms with E-state index in [1.165, 1.54) is 7.11 Å². The number of amides is 2. The number of carbonyl (C=O) groups is 2. The van der Waals surface area contributed by atoms with Gasteiger partial charge in [-0.1, -0.05) is 30.3 Å². The van der Waals surface area contributed by atoms with Crippen LogP contribution in [0.4, 0.5) is 4.79 Å². The third kappa shape index (κ3) is 4.16. The van der Waals surface area contributed by atoms with Gasteiger partial charge in [0.15, 0.2) is 0 Å².